The lowest BCUT2D eigenvalue weighted by Gasteiger charge is -2.16. The second-order valence-corrected chi connectivity index (χ2v) is 11.0. The highest BCUT2D eigenvalue weighted by Crippen LogP contribution is 2.26. The van der Waals surface area contributed by atoms with Gasteiger partial charge in [0.2, 0.25) is 11.5 Å². The fraction of sp³-hybridized carbons (Fsp3) is 0.312. The number of aliphatic hydroxyl groups is 1. The smallest absolute Gasteiger partial charge is 0.374 e. The highest BCUT2D eigenvalue weighted by atomic mass is 16.6. The zero-order chi connectivity index (χ0) is 32.9. The van der Waals surface area contributed by atoms with Crippen LogP contribution in [-0.4, -0.2) is 61.1 Å². The molecule has 0 saturated heterocycles. The van der Waals surface area contributed by atoms with Gasteiger partial charge in [-0.1, -0.05) is 32.9 Å². The third-order valence-corrected chi connectivity index (χ3v) is 6.28. The first-order valence-electron chi connectivity index (χ1n) is 13.7. The van der Waals surface area contributed by atoms with Crippen LogP contribution in [0.15, 0.2) is 67.0 Å². The maximum Gasteiger partial charge on any atom is 0.374 e. The van der Waals surface area contributed by atoms with Crippen molar-refractivity contribution in [2.24, 2.45) is 5.41 Å². The summed E-state index contributed by atoms with van der Waals surface area (Å²) in [4.78, 5) is 73.3. The average Bonchev–Trinajstić information content (AvgIpc) is 2.99. The van der Waals surface area contributed by atoms with Gasteiger partial charge in [-0.2, -0.15) is 0 Å². The van der Waals surface area contributed by atoms with E-state index in [2.05, 4.69) is 0 Å². The normalized spacial score (nSPS) is 12.0. The summed E-state index contributed by atoms with van der Waals surface area (Å²) in [5.41, 5.74) is -1.90. The van der Waals surface area contributed by atoms with Gasteiger partial charge >= 0.3 is 11.9 Å². The fourth-order valence-corrected chi connectivity index (χ4v) is 3.87. The second kappa shape index (κ2) is 13.6. The van der Waals surface area contributed by atoms with Gasteiger partial charge in [-0.15, -0.1) is 0 Å². The van der Waals surface area contributed by atoms with E-state index in [9.17, 15) is 33.9 Å². The molecule has 0 aliphatic carbocycles. The molecule has 2 heterocycles. The Bertz CT molecular complexity index is 1890. The lowest BCUT2D eigenvalue weighted by molar-refractivity contribution is -0.129. The maximum atomic E-state index is 12.9. The van der Waals surface area contributed by atoms with Crippen molar-refractivity contribution in [1.82, 2.24) is 0 Å². The van der Waals surface area contributed by atoms with Gasteiger partial charge in [0.25, 0.3) is 0 Å². The summed E-state index contributed by atoms with van der Waals surface area (Å²) >= 11 is 0. The van der Waals surface area contributed by atoms with E-state index in [1.165, 1.54) is 43.3 Å². The molecule has 1 unspecified atom stereocenters. The molecule has 4 aromatic rings. The van der Waals surface area contributed by atoms with Crippen molar-refractivity contribution >= 4 is 45.4 Å². The monoisotopic (exact) mass is 622 g/mol. The average molecular weight is 623 g/mol. The number of ether oxygens (including phenoxy) is 4. The summed E-state index contributed by atoms with van der Waals surface area (Å²) in [6.07, 6.45) is -1.23. The molecule has 2 aromatic carbocycles. The van der Waals surface area contributed by atoms with Crippen LogP contribution in [0.2, 0.25) is 0 Å². The first kappa shape index (κ1) is 32.6. The van der Waals surface area contributed by atoms with Crippen LogP contribution in [0.25, 0.3) is 21.9 Å². The fourth-order valence-electron chi connectivity index (χ4n) is 3.87. The molecule has 0 amide bonds. The molecule has 1 N–H and O–H groups in total. The third-order valence-electron chi connectivity index (χ3n) is 6.28. The second-order valence-electron chi connectivity index (χ2n) is 11.0. The number of carbonyl (C=O) groups excluding carboxylic acids is 4. The highest BCUT2D eigenvalue weighted by Gasteiger charge is 2.24. The van der Waals surface area contributed by atoms with Crippen LogP contribution >= 0.6 is 0 Å². The minimum atomic E-state index is -1.23. The molecular formula is C32H30O13. The number of aliphatic hydroxyl groups excluding tert-OH is 1. The van der Waals surface area contributed by atoms with Gasteiger partial charge in [-0.05, 0) is 31.2 Å². The number of rotatable bonds is 12. The SMILES string of the molecule is CC(=O)COC(=O)c1cc(=O)c2c(OCC(O)COc3cccc4oc(C(=O)OCC(=O)C(C)(C)C)cc(=O)c34)cccc2o1. The lowest BCUT2D eigenvalue weighted by Crippen LogP contribution is -2.26. The van der Waals surface area contributed by atoms with Crippen molar-refractivity contribution in [2.75, 3.05) is 26.4 Å². The summed E-state index contributed by atoms with van der Waals surface area (Å²) in [5, 5.41) is 10.5. The van der Waals surface area contributed by atoms with Crippen molar-refractivity contribution in [3.8, 4) is 11.5 Å². The Morgan fingerprint density at radius 2 is 1.20 bits per heavy atom. The zero-order valence-corrected chi connectivity index (χ0v) is 24.9. The first-order valence-corrected chi connectivity index (χ1v) is 13.7. The molecule has 0 saturated carbocycles. The van der Waals surface area contributed by atoms with Crippen molar-refractivity contribution in [2.45, 2.75) is 33.8 Å². The summed E-state index contributed by atoms with van der Waals surface area (Å²) in [5.74, 6) is -3.29. The number of benzene rings is 2. The Balaban J connectivity index is 1.42. The highest BCUT2D eigenvalue weighted by molar-refractivity contribution is 5.93. The molecule has 1 atom stereocenters. The van der Waals surface area contributed by atoms with Crippen molar-refractivity contribution < 1.29 is 52.1 Å². The number of ketones is 2. The Kier molecular flexibility index (Phi) is 9.82. The topological polar surface area (TPSA) is 186 Å². The van der Waals surface area contributed by atoms with Crippen LogP contribution in [0.1, 0.15) is 48.8 Å². The number of hydrogen-bond acceptors (Lipinski definition) is 13. The number of carbonyl (C=O) groups is 4. The van der Waals surface area contributed by atoms with E-state index in [0.717, 1.165) is 12.1 Å². The van der Waals surface area contributed by atoms with E-state index in [-0.39, 0.29) is 64.0 Å². The molecule has 0 fully saturated rings. The predicted molar refractivity (Wildman–Crippen MR) is 158 cm³/mol. The molecule has 236 valence electrons. The van der Waals surface area contributed by atoms with E-state index < -0.39 is 53.3 Å². The molecule has 0 aliphatic heterocycles. The molecule has 13 nitrogen and oxygen atoms in total. The predicted octanol–water partition coefficient (Wildman–Crippen LogP) is 3.24. The van der Waals surface area contributed by atoms with Gasteiger partial charge in [0, 0.05) is 17.5 Å². The molecule has 0 radical (unpaired) electrons. The van der Waals surface area contributed by atoms with Crippen molar-refractivity contribution in [3.05, 3.63) is 80.5 Å². The molecule has 2 aromatic heterocycles. The number of fused-ring (bicyclic) bond motifs is 2. The van der Waals surface area contributed by atoms with Crippen LogP contribution in [0.3, 0.4) is 0 Å². The van der Waals surface area contributed by atoms with Gasteiger partial charge in [0.1, 0.15) is 59.4 Å². The largest absolute Gasteiger partial charge is 0.490 e. The van der Waals surface area contributed by atoms with Gasteiger partial charge in [0.05, 0.1) is 0 Å². The lowest BCUT2D eigenvalue weighted by atomic mass is 9.91. The summed E-state index contributed by atoms with van der Waals surface area (Å²) in [6.45, 7) is 4.68. The Hall–Kier alpha value is -5.30. The Labute approximate surface area is 255 Å². The standard InChI is InChI=1S/C32H30O13/c1-17(33)13-42-30(38)25-11-19(35)28-21(7-5-9-23(28)44-25)40-14-18(34)15-41-22-8-6-10-24-29(22)20(36)12-26(45-24)31(39)43-16-27(37)32(2,3)4/h5-12,18,34H,13-16H2,1-4H3. The van der Waals surface area contributed by atoms with E-state index in [4.69, 9.17) is 27.8 Å². The molecule has 0 aliphatic rings. The van der Waals surface area contributed by atoms with Crippen molar-refractivity contribution in [1.29, 1.82) is 0 Å². The number of hydrogen-bond donors (Lipinski definition) is 1. The molecule has 4 rings (SSSR count). The Morgan fingerprint density at radius 3 is 1.62 bits per heavy atom. The van der Waals surface area contributed by atoms with E-state index >= 15 is 0 Å². The summed E-state index contributed by atoms with van der Waals surface area (Å²) < 4.78 is 32.1. The van der Waals surface area contributed by atoms with Crippen LogP contribution in [0.4, 0.5) is 0 Å². The van der Waals surface area contributed by atoms with E-state index in [1.807, 2.05) is 0 Å². The van der Waals surface area contributed by atoms with E-state index in [1.54, 1.807) is 20.8 Å². The molecule has 45 heavy (non-hydrogen) atoms. The molecular weight excluding hydrogens is 592 g/mol. The summed E-state index contributed by atoms with van der Waals surface area (Å²) in [7, 11) is 0. The van der Waals surface area contributed by atoms with Crippen LogP contribution < -0.4 is 20.3 Å². The summed E-state index contributed by atoms with van der Waals surface area (Å²) in [6, 6.07) is 10.7. The van der Waals surface area contributed by atoms with Gasteiger partial charge in [-0.25, -0.2) is 9.59 Å². The van der Waals surface area contributed by atoms with Crippen LogP contribution in [0.5, 0.6) is 11.5 Å². The minimum Gasteiger partial charge on any atom is -0.490 e. The third kappa shape index (κ3) is 8.00. The molecule has 0 spiro atoms. The quantitative estimate of drug-likeness (QED) is 0.227. The minimum absolute atomic E-state index is 0.0113. The van der Waals surface area contributed by atoms with Gasteiger partial charge in [0.15, 0.2) is 29.0 Å². The Morgan fingerprint density at radius 1 is 0.756 bits per heavy atom. The van der Waals surface area contributed by atoms with Crippen LogP contribution in [-0.2, 0) is 19.1 Å². The van der Waals surface area contributed by atoms with Gasteiger partial charge < -0.3 is 32.9 Å². The first-order chi connectivity index (χ1) is 21.2. The van der Waals surface area contributed by atoms with Crippen molar-refractivity contribution in [3.63, 3.8) is 0 Å². The zero-order valence-electron chi connectivity index (χ0n) is 24.9. The number of Topliss-reactive ketones (excluding diaryl/α,β-unsaturated/α-hetero) is 2. The van der Waals surface area contributed by atoms with Crippen LogP contribution in [0, 0.1) is 5.41 Å². The van der Waals surface area contributed by atoms with E-state index in [0.29, 0.717) is 0 Å². The molecule has 13 heteroatoms. The maximum absolute atomic E-state index is 12.9. The number of esters is 2. The van der Waals surface area contributed by atoms with Gasteiger partial charge in [-0.3, -0.25) is 19.2 Å². The molecule has 0 bridgehead atoms.